The van der Waals surface area contributed by atoms with E-state index in [9.17, 15) is 0 Å². The minimum absolute atomic E-state index is 0. The first-order valence-corrected chi connectivity index (χ1v) is 15.6. The Balaban J connectivity index is -0.0000000990. The fraction of sp³-hybridized carbons (Fsp3) is 0. The van der Waals surface area contributed by atoms with Gasteiger partial charge in [-0.1, -0.05) is 24.3 Å². The van der Waals surface area contributed by atoms with E-state index < -0.39 is 41.6 Å². The minimum Gasteiger partial charge on any atom is -0.759 e. The van der Waals surface area contributed by atoms with Crippen LogP contribution >= 0.6 is 0 Å². The quantitative estimate of drug-likeness (QED) is 0.120. The normalized spacial score (nSPS) is 9.22. The van der Waals surface area contributed by atoms with E-state index in [1.165, 1.54) is 0 Å². The molecule has 0 unspecified atom stereocenters. The summed E-state index contributed by atoms with van der Waals surface area (Å²) in [6.45, 7) is 0. The number of hydrogen-bond acceptors (Lipinski definition) is 16. The smallest absolute Gasteiger partial charge is 0.759 e. The molecular formula is C20H26N4O17S4Zr. The molecule has 21 nitrogen and oxygen atoms in total. The third-order valence-corrected chi connectivity index (χ3v) is 2.43. The molecule has 0 radical (unpaired) electrons. The Labute approximate surface area is 284 Å². The molecule has 6 N–H and O–H groups in total. The van der Waals surface area contributed by atoms with Crippen molar-refractivity contribution in [1.29, 1.82) is 0 Å². The van der Waals surface area contributed by atoms with E-state index in [-0.39, 0.29) is 31.7 Å². The number of aromatic nitrogens is 4. The van der Waals surface area contributed by atoms with Gasteiger partial charge in [0.15, 0.2) is 49.6 Å². The molecule has 26 heteroatoms. The van der Waals surface area contributed by atoms with Gasteiger partial charge in [-0.25, -0.2) is 19.9 Å². The Morgan fingerprint density at radius 3 is 0.391 bits per heavy atom. The van der Waals surface area contributed by atoms with Crippen LogP contribution in [-0.4, -0.2) is 75.6 Å². The van der Waals surface area contributed by atoms with E-state index in [4.69, 9.17) is 70.1 Å². The molecule has 0 aliphatic heterocycles. The van der Waals surface area contributed by atoms with Gasteiger partial charge in [0, 0.05) is 90.1 Å². The van der Waals surface area contributed by atoms with Crippen LogP contribution in [0.5, 0.6) is 0 Å². The summed E-state index contributed by atoms with van der Waals surface area (Å²) in [7, 11) is -20.7. The molecule has 0 bridgehead atoms. The van der Waals surface area contributed by atoms with Gasteiger partial charge in [0.25, 0.3) is 0 Å². The van der Waals surface area contributed by atoms with Crippen molar-refractivity contribution >= 4 is 41.6 Å². The molecule has 0 aliphatic carbocycles. The molecule has 46 heavy (non-hydrogen) atoms. The average Bonchev–Trinajstić information content (AvgIpc) is 2.90. The molecule has 0 saturated heterocycles. The molecule has 0 fully saturated rings. The molecule has 4 aromatic rings. The second-order valence-corrected chi connectivity index (χ2v) is 9.21. The third-order valence-electron chi connectivity index (χ3n) is 2.43. The number of hydrogen-bond donors (Lipinski definition) is 0. The molecule has 256 valence electrons. The van der Waals surface area contributed by atoms with E-state index in [2.05, 4.69) is 19.9 Å². The molecular weight excluding hydrogens is 788 g/mol. The standard InChI is InChI=1S/4C5H5N.4H2O4S.H2O.Zr/c4*1-2-4-6-5-3-1;4*1-5(2,3)4;;/h4*1-5H;4*(H2,1,2,3,4);1H2;/q;;;;;;;;;+4/p-4. The minimum atomic E-state index is -5.17. The predicted octanol–water partition coefficient (Wildman–Crippen LogP) is -4.18. The second-order valence-electron chi connectivity index (χ2n) is 5.94. The van der Waals surface area contributed by atoms with Gasteiger partial charge in [0.1, 0.15) is 0 Å². The van der Waals surface area contributed by atoms with Crippen LogP contribution in [0.2, 0.25) is 0 Å². The van der Waals surface area contributed by atoms with Gasteiger partial charge in [0.05, 0.1) is 0 Å². The van der Waals surface area contributed by atoms with Crippen LogP contribution in [0.15, 0.2) is 122 Å². The Bertz CT molecular complexity index is 1190. The van der Waals surface area contributed by atoms with E-state index in [0.717, 1.165) is 0 Å². The Morgan fingerprint density at radius 1 is 0.283 bits per heavy atom. The molecule has 0 aromatic carbocycles. The van der Waals surface area contributed by atoms with Crippen LogP contribution in [0.1, 0.15) is 0 Å². The third kappa shape index (κ3) is 149. The van der Waals surface area contributed by atoms with Gasteiger partial charge < -0.3 is 41.9 Å². The number of pyridine rings is 4. The zero-order valence-electron chi connectivity index (χ0n) is 22.7. The van der Waals surface area contributed by atoms with Crippen molar-refractivity contribution in [2.45, 2.75) is 0 Å². The van der Waals surface area contributed by atoms with Gasteiger partial charge in [-0.2, -0.15) is 0 Å². The Hall–Kier alpha value is -3.08. The van der Waals surface area contributed by atoms with Crippen LogP contribution in [-0.2, 0) is 67.8 Å². The summed E-state index contributed by atoms with van der Waals surface area (Å²) in [6, 6.07) is 23.4. The first-order chi connectivity index (χ1) is 20.0. The van der Waals surface area contributed by atoms with Crippen LogP contribution in [0.25, 0.3) is 0 Å². The van der Waals surface area contributed by atoms with E-state index in [1.807, 2.05) is 122 Å². The zero-order chi connectivity index (χ0) is 35.0. The molecule has 4 heterocycles. The van der Waals surface area contributed by atoms with Crippen LogP contribution in [0.4, 0.5) is 0 Å². The molecule has 0 aliphatic rings. The Morgan fingerprint density at radius 2 is 0.370 bits per heavy atom. The molecule has 0 saturated carbocycles. The monoisotopic (exact) mass is 812 g/mol. The summed E-state index contributed by atoms with van der Waals surface area (Å²) < 4.78 is 136. The Kier molecular flexibility index (Phi) is 41.8. The summed E-state index contributed by atoms with van der Waals surface area (Å²) in [5.74, 6) is 0. The number of aromatic amines is 4. The molecule has 0 spiro atoms. The molecule has 0 amide bonds. The average molecular weight is 814 g/mol. The van der Waals surface area contributed by atoms with E-state index in [0.29, 0.717) is 0 Å². The summed E-state index contributed by atoms with van der Waals surface area (Å²) in [6.07, 6.45) is 15.0. The van der Waals surface area contributed by atoms with Crippen molar-refractivity contribution < 1.29 is 122 Å². The summed E-state index contributed by atoms with van der Waals surface area (Å²) in [4.78, 5) is 11.6. The maximum absolute atomic E-state index is 8.52. The number of H-pyrrole nitrogens is 4. The first kappa shape index (κ1) is 55.3. The van der Waals surface area contributed by atoms with Crippen molar-refractivity contribution in [3.63, 3.8) is 0 Å². The predicted molar refractivity (Wildman–Crippen MR) is 138 cm³/mol. The fourth-order valence-corrected chi connectivity index (χ4v) is 1.37. The summed E-state index contributed by atoms with van der Waals surface area (Å²) in [5, 5.41) is 0. The zero-order valence-corrected chi connectivity index (χ0v) is 28.4. The number of nitrogens with one attached hydrogen (secondary N) is 4. The molecule has 0 atom stereocenters. The van der Waals surface area contributed by atoms with Crippen LogP contribution in [0, 0.1) is 0 Å². The van der Waals surface area contributed by atoms with E-state index in [1.54, 1.807) is 0 Å². The summed E-state index contributed by atoms with van der Waals surface area (Å²) >= 11 is 0. The van der Waals surface area contributed by atoms with E-state index >= 15 is 0 Å². The van der Waals surface area contributed by atoms with Gasteiger partial charge in [-0.15, -0.1) is 0 Å². The first-order valence-electron chi connectivity index (χ1n) is 10.3. The van der Waals surface area contributed by atoms with Crippen molar-refractivity contribution in [2.75, 3.05) is 0 Å². The van der Waals surface area contributed by atoms with Gasteiger partial charge in [-0.3, -0.25) is 33.7 Å². The van der Waals surface area contributed by atoms with Crippen LogP contribution in [0.3, 0.4) is 0 Å². The maximum Gasteiger partial charge on any atom is 4.00 e. The largest absolute Gasteiger partial charge is 4.00 e. The fourth-order valence-electron chi connectivity index (χ4n) is 1.37. The van der Waals surface area contributed by atoms with Gasteiger partial charge in [0.2, 0.25) is 0 Å². The topological polar surface area (TPSA) is 409 Å². The van der Waals surface area contributed by atoms with Crippen molar-refractivity contribution in [2.24, 2.45) is 0 Å². The molecule has 4 aromatic heterocycles. The van der Waals surface area contributed by atoms with Crippen molar-refractivity contribution in [3.8, 4) is 0 Å². The van der Waals surface area contributed by atoms with Crippen molar-refractivity contribution in [3.05, 3.63) is 122 Å². The van der Waals surface area contributed by atoms with Gasteiger partial charge >= 0.3 is 26.2 Å². The van der Waals surface area contributed by atoms with Crippen LogP contribution < -0.4 is 19.9 Å². The molecule has 4 rings (SSSR count). The summed E-state index contributed by atoms with van der Waals surface area (Å²) in [5.41, 5.74) is 0. The number of rotatable bonds is 0. The van der Waals surface area contributed by atoms with Crippen molar-refractivity contribution in [1.82, 2.24) is 0 Å². The maximum atomic E-state index is 8.52. The van der Waals surface area contributed by atoms with Gasteiger partial charge in [-0.05, 0) is 0 Å². The second kappa shape index (κ2) is 34.8. The SMILES string of the molecule is O.O=S(=O)([O-])[O-].O=S(=O)([O-])[O-].O=S(=O)([O-])[O-].O=S(=O)([O-])[O-].[Zr+4].c1cc[nH+]cc1.c1cc[nH+]cc1.c1cc[nH+]cc1.c1cc[nH+]cc1.